The average Bonchev–Trinajstić information content (AvgIpc) is 2.63. The molecule has 0 aliphatic heterocycles. The van der Waals surface area contributed by atoms with Gasteiger partial charge in [-0.15, -0.1) is 0 Å². The van der Waals surface area contributed by atoms with Gasteiger partial charge in [0.1, 0.15) is 24.7 Å². The van der Waals surface area contributed by atoms with E-state index < -0.39 is 30.2 Å². The Morgan fingerprint density at radius 1 is 1.16 bits per heavy atom. The largest absolute Gasteiger partial charge is 0.444 e. The van der Waals surface area contributed by atoms with E-state index in [9.17, 15) is 19.6 Å². The van der Waals surface area contributed by atoms with E-state index in [1.165, 1.54) is 4.90 Å². The molecule has 0 bridgehead atoms. The third kappa shape index (κ3) is 8.96. The van der Waals surface area contributed by atoms with Gasteiger partial charge >= 0.3 is 6.09 Å². The molecule has 176 valence electrons. The van der Waals surface area contributed by atoms with Crippen molar-refractivity contribution in [1.82, 2.24) is 15.5 Å². The third-order valence-electron chi connectivity index (χ3n) is 4.57. The summed E-state index contributed by atoms with van der Waals surface area (Å²) in [5, 5.41) is 14.7. The molecule has 8 nitrogen and oxygen atoms in total. The Labute approximate surface area is 191 Å². The number of hydrogen-bond acceptors (Lipinski definition) is 5. The number of hydrogen-bond donors (Lipinski definition) is 2. The Bertz CT molecular complexity index is 834. The van der Waals surface area contributed by atoms with Crippen LogP contribution < -0.4 is 10.6 Å². The molecule has 0 heterocycles. The molecule has 0 saturated heterocycles. The number of carbonyl (C=O) groups excluding carboxylic acids is 3. The standard InChI is InChI=1S/C24H36N4O4/c1-8-9-18(4)27-22(30)21(19-13-16(2)12-17(3)14-19)28(11-10-25)20(29)15-26-23(31)32-24(5,6)7/h12-14,18,21H,8-9,11,15H2,1-7H3,(H,26,31)(H,27,30). The number of amides is 3. The Balaban J connectivity index is 3.23. The molecule has 2 atom stereocenters. The quantitative estimate of drug-likeness (QED) is 0.566. The van der Waals surface area contributed by atoms with E-state index in [0.717, 1.165) is 24.0 Å². The molecule has 0 fully saturated rings. The zero-order chi connectivity index (χ0) is 24.5. The van der Waals surface area contributed by atoms with Gasteiger partial charge in [0, 0.05) is 6.04 Å². The van der Waals surface area contributed by atoms with Gasteiger partial charge in [0.2, 0.25) is 11.8 Å². The zero-order valence-corrected chi connectivity index (χ0v) is 20.2. The highest BCUT2D eigenvalue weighted by atomic mass is 16.6. The maximum Gasteiger partial charge on any atom is 0.408 e. The van der Waals surface area contributed by atoms with Crippen molar-refractivity contribution in [2.75, 3.05) is 13.1 Å². The first-order chi connectivity index (χ1) is 14.9. The summed E-state index contributed by atoms with van der Waals surface area (Å²) >= 11 is 0. The van der Waals surface area contributed by atoms with Crippen LogP contribution >= 0.6 is 0 Å². The second-order valence-electron chi connectivity index (χ2n) is 9.06. The van der Waals surface area contributed by atoms with Gasteiger partial charge in [0.15, 0.2) is 0 Å². The number of nitrogens with zero attached hydrogens (tertiary/aromatic N) is 2. The molecule has 0 aromatic heterocycles. The van der Waals surface area contributed by atoms with Crippen LogP contribution in [0.3, 0.4) is 0 Å². The summed E-state index contributed by atoms with van der Waals surface area (Å²) in [5.74, 6) is -0.920. The second kappa shape index (κ2) is 12.1. The predicted octanol–water partition coefficient (Wildman–Crippen LogP) is 3.53. The molecule has 0 aliphatic carbocycles. The lowest BCUT2D eigenvalue weighted by atomic mass is 9.98. The number of carbonyl (C=O) groups is 3. The Hall–Kier alpha value is -3.08. The van der Waals surface area contributed by atoms with Gasteiger partial charge in [-0.2, -0.15) is 5.26 Å². The fourth-order valence-corrected chi connectivity index (χ4v) is 3.43. The lowest BCUT2D eigenvalue weighted by molar-refractivity contribution is -0.139. The topological polar surface area (TPSA) is 112 Å². The Morgan fingerprint density at radius 2 is 1.75 bits per heavy atom. The summed E-state index contributed by atoms with van der Waals surface area (Å²) in [6, 6.07) is 6.52. The van der Waals surface area contributed by atoms with Crippen molar-refractivity contribution in [3.8, 4) is 6.07 Å². The molecule has 0 spiro atoms. The van der Waals surface area contributed by atoms with E-state index in [0.29, 0.717) is 5.56 Å². The summed E-state index contributed by atoms with van der Waals surface area (Å²) in [5.41, 5.74) is 1.78. The van der Waals surface area contributed by atoms with Crippen LogP contribution in [0.4, 0.5) is 4.79 Å². The van der Waals surface area contributed by atoms with Gasteiger partial charge in [-0.25, -0.2) is 4.79 Å². The molecule has 0 saturated carbocycles. The number of alkyl carbamates (subject to hydrolysis) is 1. The van der Waals surface area contributed by atoms with Crippen molar-refractivity contribution in [2.24, 2.45) is 0 Å². The summed E-state index contributed by atoms with van der Waals surface area (Å²) in [6.07, 6.45) is 0.945. The molecule has 32 heavy (non-hydrogen) atoms. The number of nitrogens with one attached hydrogen (secondary N) is 2. The van der Waals surface area contributed by atoms with Crippen LogP contribution in [0, 0.1) is 25.2 Å². The van der Waals surface area contributed by atoms with E-state index in [4.69, 9.17) is 4.74 Å². The number of benzene rings is 1. The van der Waals surface area contributed by atoms with Crippen molar-refractivity contribution >= 4 is 17.9 Å². The first-order valence-electron chi connectivity index (χ1n) is 10.9. The zero-order valence-electron chi connectivity index (χ0n) is 20.2. The van der Waals surface area contributed by atoms with E-state index in [1.54, 1.807) is 20.8 Å². The number of nitriles is 1. The Kier molecular flexibility index (Phi) is 10.2. The molecule has 2 N–H and O–H groups in total. The first kappa shape index (κ1) is 27.0. The van der Waals surface area contributed by atoms with Crippen LogP contribution in [0.15, 0.2) is 18.2 Å². The van der Waals surface area contributed by atoms with Gasteiger partial charge in [-0.1, -0.05) is 42.7 Å². The molecule has 2 unspecified atom stereocenters. The normalized spacial score (nSPS) is 12.8. The van der Waals surface area contributed by atoms with E-state index in [2.05, 4.69) is 10.6 Å². The van der Waals surface area contributed by atoms with Crippen LogP contribution in [0.2, 0.25) is 0 Å². The lowest BCUT2D eigenvalue weighted by Gasteiger charge is -2.31. The molecular formula is C24H36N4O4. The van der Waals surface area contributed by atoms with Crippen molar-refractivity contribution in [1.29, 1.82) is 5.26 Å². The van der Waals surface area contributed by atoms with Crippen LogP contribution in [-0.4, -0.2) is 47.5 Å². The molecule has 0 radical (unpaired) electrons. The Morgan fingerprint density at radius 3 is 2.25 bits per heavy atom. The summed E-state index contributed by atoms with van der Waals surface area (Å²) in [7, 11) is 0. The molecule has 1 aromatic carbocycles. The van der Waals surface area contributed by atoms with Crippen molar-refractivity contribution in [2.45, 2.75) is 79.0 Å². The summed E-state index contributed by atoms with van der Waals surface area (Å²) < 4.78 is 5.17. The van der Waals surface area contributed by atoms with E-state index in [1.807, 2.05) is 52.0 Å². The number of ether oxygens (including phenoxy) is 1. The number of aryl methyl sites for hydroxylation is 2. The van der Waals surface area contributed by atoms with Gasteiger partial charge in [0.05, 0.1) is 6.07 Å². The smallest absolute Gasteiger partial charge is 0.408 e. The fourth-order valence-electron chi connectivity index (χ4n) is 3.43. The monoisotopic (exact) mass is 444 g/mol. The van der Waals surface area contributed by atoms with Gasteiger partial charge < -0.3 is 20.3 Å². The molecular weight excluding hydrogens is 408 g/mol. The maximum atomic E-state index is 13.3. The molecule has 1 aromatic rings. The summed E-state index contributed by atoms with van der Waals surface area (Å²) in [6.45, 7) is 12.2. The van der Waals surface area contributed by atoms with Crippen LogP contribution in [0.25, 0.3) is 0 Å². The first-order valence-corrected chi connectivity index (χ1v) is 10.9. The third-order valence-corrected chi connectivity index (χ3v) is 4.57. The highest BCUT2D eigenvalue weighted by molar-refractivity contribution is 5.90. The van der Waals surface area contributed by atoms with Gasteiger partial charge in [0.25, 0.3) is 0 Å². The second-order valence-corrected chi connectivity index (χ2v) is 9.06. The SMILES string of the molecule is CCCC(C)NC(=O)C(c1cc(C)cc(C)c1)N(CC#N)C(=O)CNC(=O)OC(C)(C)C. The van der Waals surface area contributed by atoms with Gasteiger partial charge in [-0.05, 0) is 53.5 Å². The average molecular weight is 445 g/mol. The van der Waals surface area contributed by atoms with Crippen LogP contribution in [-0.2, 0) is 14.3 Å². The number of rotatable bonds is 9. The predicted molar refractivity (Wildman–Crippen MR) is 123 cm³/mol. The molecule has 8 heteroatoms. The molecule has 0 aliphatic rings. The minimum absolute atomic E-state index is 0.0835. The maximum absolute atomic E-state index is 13.3. The van der Waals surface area contributed by atoms with Crippen LogP contribution in [0.1, 0.15) is 70.2 Å². The van der Waals surface area contributed by atoms with Crippen molar-refractivity contribution < 1.29 is 19.1 Å². The van der Waals surface area contributed by atoms with Gasteiger partial charge in [-0.3, -0.25) is 9.59 Å². The highest BCUT2D eigenvalue weighted by Gasteiger charge is 2.32. The van der Waals surface area contributed by atoms with Crippen LogP contribution in [0.5, 0.6) is 0 Å². The minimum atomic E-state index is -1.000. The molecule has 1 rings (SSSR count). The minimum Gasteiger partial charge on any atom is -0.444 e. The van der Waals surface area contributed by atoms with E-state index >= 15 is 0 Å². The molecule has 3 amide bonds. The lowest BCUT2D eigenvalue weighted by Crippen LogP contribution is -2.49. The van der Waals surface area contributed by atoms with Crippen molar-refractivity contribution in [3.05, 3.63) is 34.9 Å². The fraction of sp³-hybridized carbons (Fsp3) is 0.583. The van der Waals surface area contributed by atoms with E-state index in [-0.39, 0.29) is 18.5 Å². The van der Waals surface area contributed by atoms with Crippen molar-refractivity contribution in [3.63, 3.8) is 0 Å². The summed E-state index contributed by atoms with van der Waals surface area (Å²) in [4.78, 5) is 39.5. The highest BCUT2D eigenvalue weighted by Crippen LogP contribution is 2.24.